The van der Waals surface area contributed by atoms with Gasteiger partial charge in [-0.05, 0) is 29.3 Å². The van der Waals surface area contributed by atoms with Crippen LogP contribution in [0.25, 0.3) is 0 Å². The molecule has 0 saturated heterocycles. The Balaban J connectivity index is 2.02. The molecule has 0 saturated carbocycles. The van der Waals surface area contributed by atoms with E-state index >= 15 is 0 Å². The molecule has 2 aromatic rings. The highest BCUT2D eigenvalue weighted by atomic mass is 15.0. The summed E-state index contributed by atoms with van der Waals surface area (Å²) < 4.78 is 0. The van der Waals surface area contributed by atoms with Gasteiger partial charge < -0.3 is 5.32 Å². The van der Waals surface area contributed by atoms with E-state index in [1.165, 1.54) is 16.8 Å². The lowest BCUT2D eigenvalue weighted by Crippen LogP contribution is -2.25. The fraction of sp³-hybridized carbons (Fsp3) is 0.235. The van der Waals surface area contributed by atoms with Gasteiger partial charge in [0.2, 0.25) is 0 Å². The van der Waals surface area contributed by atoms with E-state index < -0.39 is 0 Å². The molecule has 0 radical (unpaired) electrons. The highest BCUT2D eigenvalue weighted by molar-refractivity contribution is 5.63. The molecule has 0 aliphatic carbocycles. The minimum atomic E-state index is 0.0464. The highest BCUT2D eigenvalue weighted by Gasteiger charge is 2.39. The molecule has 1 unspecified atom stereocenters. The Labute approximate surface area is 113 Å². The van der Waals surface area contributed by atoms with E-state index in [-0.39, 0.29) is 11.5 Å². The number of hydrogen-bond donors (Lipinski definition) is 1. The number of nitrogens with one attached hydrogen (secondary N) is 1. The first-order chi connectivity index (χ1) is 9.13. The van der Waals surface area contributed by atoms with Gasteiger partial charge in [-0.25, -0.2) is 0 Å². The van der Waals surface area contributed by atoms with Gasteiger partial charge in [0.05, 0.1) is 17.7 Å². The molecule has 19 heavy (non-hydrogen) atoms. The van der Waals surface area contributed by atoms with E-state index in [9.17, 15) is 0 Å². The van der Waals surface area contributed by atoms with Crippen molar-refractivity contribution in [3.8, 4) is 6.07 Å². The Morgan fingerprint density at radius 1 is 1.05 bits per heavy atom. The first kappa shape index (κ1) is 11.8. The van der Waals surface area contributed by atoms with Gasteiger partial charge in [-0.15, -0.1) is 0 Å². The molecule has 3 rings (SSSR count). The van der Waals surface area contributed by atoms with Crippen molar-refractivity contribution >= 4 is 5.69 Å². The predicted molar refractivity (Wildman–Crippen MR) is 77.0 cm³/mol. The molecule has 1 atom stereocenters. The van der Waals surface area contributed by atoms with Crippen LogP contribution in [0.4, 0.5) is 5.69 Å². The lowest BCUT2D eigenvalue weighted by molar-refractivity contribution is 0.474. The zero-order valence-corrected chi connectivity index (χ0v) is 11.1. The highest BCUT2D eigenvalue weighted by Crippen LogP contribution is 2.47. The molecule has 0 amide bonds. The topological polar surface area (TPSA) is 35.8 Å². The van der Waals surface area contributed by atoms with E-state index in [2.05, 4.69) is 49.5 Å². The lowest BCUT2D eigenvalue weighted by Gasteiger charge is -2.28. The van der Waals surface area contributed by atoms with E-state index in [1.807, 2.05) is 24.3 Å². The first-order valence-electron chi connectivity index (χ1n) is 6.49. The van der Waals surface area contributed by atoms with Crippen molar-refractivity contribution in [2.75, 3.05) is 5.32 Å². The molecule has 1 heterocycles. The summed E-state index contributed by atoms with van der Waals surface area (Å²) in [5.74, 6) is 0. The molecule has 1 N–H and O–H groups in total. The second-order valence-corrected chi connectivity index (χ2v) is 5.58. The number of anilines is 1. The van der Waals surface area contributed by atoms with Crippen LogP contribution < -0.4 is 5.32 Å². The Bertz CT molecular complexity index is 648. The summed E-state index contributed by atoms with van der Waals surface area (Å²) in [5, 5.41) is 12.5. The molecule has 0 fully saturated rings. The summed E-state index contributed by atoms with van der Waals surface area (Å²) in [6, 6.07) is 18.7. The fourth-order valence-electron chi connectivity index (χ4n) is 2.91. The normalized spacial score (nSPS) is 19.3. The van der Waals surface area contributed by atoms with Crippen LogP contribution in [-0.2, 0) is 5.41 Å². The van der Waals surface area contributed by atoms with Crippen LogP contribution in [0.3, 0.4) is 0 Å². The second-order valence-electron chi connectivity index (χ2n) is 5.58. The maximum absolute atomic E-state index is 8.87. The van der Waals surface area contributed by atoms with Gasteiger partial charge in [0.1, 0.15) is 0 Å². The lowest BCUT2D eigenvalue weighted by atomic mass is 9.78. The number of hydrogen-bond acceptors (Lipinski definition) is 2. The maximum atomic E-state index is 8.87. The summed E-state index contributed by atoms with van der Waals surface area (Å²) in [7, 11) is 0. The SMILES string of the molecule is CC1(C)c2ccccc2NC1c1ccc(C#N)cc1. The number of nitrogens with zero attached hydrogens (tertiary/aromatic N) is 1. The number of rotatable bonds is 1. The average Bonchev–Trinajstić information content (AvgIpc) is 2.71. The summed E-state index contributed by atoms with van der Waals surface area (Å²) >= 11 is 0. The Hall–Kier alpha value is -2.27. The third kappa shape index (κ3) is 1.79. The van der Waals surface area contributed by atoms with Crippen molar-refractivity contribution in [3.05, 3.63) is 65.2 Å². The van der Waals surface area contributed by atoms with Crippen LogP contribution in [0.2, 0.25) is 0 Å². The standard InChI is InChI=1S/C17H16N2/c1-17(2)14-5-3-4-6-15(14)19-16(17)13-9-7-12(11-18)8-10-13/h3-10,16,19H,1-2H3. The van der Waals surface area contributed by atoms with Gasteiger partial charge in [0.25, 0.3) is 0 Å². The molecule has 1 aliphatic rings. The second kappa shape index (κ2) is 4.13. The summed E-state index contributed by atoms with van der Waals surface area (Å²) in [6.45, 7) is 4.52. The van der Waals surface area contributed by atoms with Gasteiger partial charge in [-0.1, -0.05) is 44.2 Å². The van der Waals surface area contributed by atoms with Crippen LogP contribution in [0.1, 0.15) is 36.6 Å². The molecular weight excluding hydrogens is 232 g/mol. The van der Waals surface area contributed by atoms with Crippen LogP contribution in [0.15, 0.2) is 48.5 Å². The first-order valence-corrected chi connectivity index (χ1v) is 6.49. The van der Waals surface area contributed by atoms with E-state index in [0.29, 0.717) is 5.56 Å². The smallest absolute Gasteiger partial charge is 0.0991 e. The maximum Gasteiger partial charge on any atom is 0.0991 e. The van der Waals surface area contributed by atoms with Gasteiger partial charge in [0.15, 0.2) is 0 Å². The zero-order valence-electron chi connectivity index (χ0n) is 11.1. The number of nitriles is 1. The average molecular weight is 248 g/mol. The Morgan fingerprint density at radius 2 is 1.74 bits per heavy atom. The third-order valence-corrected chi connectivity index (χ3v) is 4.02. The van der Waals surface area contributed by atoms with Crippen LogP contribution in [0, 0.1) is 11.3 Å². The zero-order chi connectivity index (χ0) is 13.5. The third-order valence-electron chi connectivity index (χ3n) is 4.02. The summed E-state index contributed by atoms with van der Waals surface area (Å²) in [5.41, 5.74) is 4.54. The van der Waals surface area contributed by atoms with Gasteiger partial charge in [-0.3, -0.25) is 0 Å². The van der Waals surface area contributed by atoms with Gasteiger partial charge >= 0.3 is 0 Å². The minimum Gasteiger partial charge on any atom is -0.377 e. The Morgan fingerprint density at radius 3 is 2.37 bits per heavy atom. The predicted octanol–water partition coefficient (Wildman–Crippen LogP) is 4.00. The molecule has 94 valence electrons. The molecule has 2 aromatic carbocycles. The van der Waals surface area contributed by atoms with Crippen molar-refractivity contribution < 1.29 is 0 Å². The summed E-state index contributed by atoms with van der Waals surface area (Å²) in [4.78, 5) is 0. The van der Waals surface area contributed by atoms with E-state index in [1.54, 1.807) is 0 Å². The molecule has 1 aliphatic heterocycles. The largest absolute Gasteiger partial charge is 0.377 e. The number of para-hydroxylation sites is 1. The van der Waals surface area contributed by atoms with Gasteiger partial charge in [0, 0.05) is 11.1 Å². The van der Waals surface area contributed by atoms with Crippen molar-refractivity contribution in [1.29, 1.82) is 5.26 Å². The van der Waals surface area contributed by atoms with E-state index in [0.717, 1.165) is 0 Å². The van der Waals surface area contributed by atoms with Crippen LogP contribution in [0.5, 0.6) is 0 Å². The molecule has 2 nitrogen and oxygen atoms in total. The monoisotopic (exact) mass is 248 g/mol. The molecule has 2 heteroatoms. The number of benzene rings is 2. The van der Waals surface area contributed by atoms with Gasteiger partial charge in [-0.2, -0.15) is 5.26 Å². The number of fused-ring (bicyclic) bond motifs is 1. The Kier molecular flexibility index (Phi) is 2.57. The van der Waals surface area contributed by atoms with Crippen LogP contribution >= 0.6 is 0 Å². The van der Waals surface area contributed by atoms with E-state index in [4.69, 9.17) is 5.26 Å². The van der Waals surface area contributed by atoms with Crippen molar-refractivity contribution in [2.45, 2.75) is 25.3 Å². The summed E-state index contributed by atoms with van der Waals surface area (Å²) in [6.07, 6.45) is 0. The molecule has 0 bridgehead atoms. The quantitative estimate of drug-likeness (QED) is 0.828. The van der Waals surface area contributed by atoms with Crippen molar-refractivity contribution in [3.63, 3.8) is 0 Å². The van der Waals surface area contributed by atoms with Crippen molar-refractivity contribution in [1.82, 2.24) is 0 Å². The minimum absolute atomic E-state index is 0.0464. The van der Waals surface area contributed by atoms with Crippen molar-refractivity contribution in [2.24, 2.45) is 0 Å². The molecule has 0 spiro atoms. The molecule has 0 aromatic heterocycles. The molecular formula is C17H16N2. The fourth-order valence-corrected chi connectivity index (χ4v) is 2.91. The van der Waals surface area contributed by atoms with Crippen LogP contribution in [-0.4, -0.2) is 0 Å².